The van der Waals surface area contributed by atoms with Gasteiger partial charge in [0.05, 0.1) is 12.0 Å². The van der Waals surface area contributed by atoms with Gasteiger partial charge in [-0.2, -0.15) is 0 Å². The minimum Gasteiger partial charge on any atom is -0.497 e. The van der Waals surface area contributed by atoms with Crippen molar-refractivity contribution < 1.29 is 22.7 Å². The van der Waals surface area contributed by atoms with Gasteiger partial charge in [0.2, 0.25) is 0 Å². The molecule has 0 unspecified atom stereocenters. The van der Waals surface area contributed by atoms with Crippen molar-refractivity contribution >= 4 is 27.3 Å². The molecule has 140 valence electrons. The van der Waals surface area contributed by atoms with Crippen LogP contribution in [0.5, 0.6) is 5.75 Å². The second kappa shape index (κ2) is 6.61. The van der Waals surface area contributed by atoms with Crippen LogP contribution in [0.1, 0.15) is 31.8 Å². The molecule has 0 heterocycles. The Bertz CT molecular complexity index is 1210. The van der Waals surface area contributed by atoms with Gasteiger partial charge >= 0.3 is 0 Å². The Balaban J connectivity index is 1.72. The summed E-state index contributed by atoms with van der Waals surface area (Å²) in [6, 6.07) is 16.9. The SMILES string of the molecule is COc1ccc(NS(=O)(=O)c2ccc3c(c2)C(=O)c2ccccc2C3=O)cc1. The first kappa shape index (κ1) is 17.9. The van der Waals surface area contributed by atoms with E-state index < -0.39 is 10.0 Å². The van der Waals surface area contributed by atoms with Crippen LogP contribution in [-0.2, 0) is 10.0 Å². The fourth-order valence-electron chi connectivity index (χ4n) is 3.12. The van der Waals surface area contributed by atoms with Gasteiger partial charge in [-0.25, -0.2) is 8.42 Å². The molecule has 0 fully saturated rings. The average molecular weight is 393 g/mol. The van der Waals surface area contributed by atoms with Crippen molar-refractivity contribution in [2.24, 2.45) is 0 Å². The number of anilines is 1. The fraction of sp³-hybridized carbons (Fsp3) is 0.0476. The molecule has 0 saturated heterocycles. The number of ether oxygens (including phenoxy) is 1. The first-order valence-corrected chi connectivity index (χ1v) is 9.88. The number of ketones is 2. The number of hydrogen-bond acceptors (Lipinski definition) is 5. The molecule has 0 aliphatic heterocycles. The van der Waals surface area contributed by atoms with Gasteiger partial charge in [0, 0.05) is 27.9 Å². The third-order valence-corrected chi connectivity index (χ3v) is 5.93. The standard InChI is InChI=1S/C21H15NO5S/c1-27-14-8-6-13(7-9-14)22-28(25,26)15-10-11-18-19(12-15)21(24)17-5-3-2-4-16(17)20(18)23/h2-12,22H,1H3. The average Bonchev–Trinajstić information content (AvgIpc) is 2.72. The van der Waals surface area contributed by atoms with Crippen LogP contribution in [0.3, 0.4) is 0 Å². The lowest BCUT2D eigenvalue weighted by molar-refractivity contribution is 0.0979. The minimum atomic E-state index is -3.94. The predicted octanol–water partition coefficient (Wildman–Crippen LogP) is 3.27. The molecule has 7 heteroatoms. The topological polar surface area (TPSA) is 89.5 Å². The molecule has 0 atom stereocenters. The molecule has 1 aliphatic rings. The fourth-order valence-corrected chi connectivity index (χ4v) is 4.20. The van der Waals surface area contributed by atoms with E-state index in [0.29, 0.717) is 17.0 Å². The Morgan fingerprint density at radius 3 is 1.93 bits per heavy atom. The molecule has 0 bridgehead atoms. The predicted molar refractivity (Wildman–Crippen MR) is 104 cm³/mol. The largest absolute Gasteiger partial charge is 0.497 e. The number of fused-ring (bicyclic) bond motifs is 2. The summed E-state index contributed by atoms with van der Waals surface area (Å²) < 4.78 is 33.0. The number of nitrogens with one attached hydrogen (secondary N) is 1. The van der Waals surface area contributed by atoms with Gasteiger partial charge in [-0.3, -0.25) is 14.3 Å². The number of rotatable bonds is 4. The lowest BCUT2D eigenvalue weighted by Crippen LogP contribution is -2.22. The zero-order valence-corrected chi connectivity index (χ0v) is 15.6. The van der Waals surface area contributed by atoms with Gasteiger partial charge < -0.3 is 4.74 Å². The van der Waals surface area contributed by atoms with E-state index in [4.69, 9.17) is 4.74 Å². The third-order valence-electron chi connectivity index (χ3n) is 4.55. The first-order valence-electron chi connectivity index (χ1n) is 8.40. The number of benzene rings is 3. The van der Waals surface area contributed by atoms with E-state index in [0.717, 1.165) is 0 Å². The third kappa shape index (κ3) is 2.95. The first-order chi connectivity index (χ1) is 13.4. The van der Waals surface area contributed by atoms with Gasteiger partial charge in [0.25, 0.3) is 10.0 Å². The summed E-state index contributed by atoms with van der Waals surface area (Å²) in [6.45, 7) is 0. The molecule has 28 heavy (non-hydrogen) atoms. The highest BCUT2D eigenvalue weighted by atomic mass is 32.2. The van der Waals surface area contributed by atoms with E-state index in [1.807, 2.05) is 0 Å². The van der Waals surface area contributed by atoms with Crippen molar-refractivity contribution in [1.82, 2.24) is 0 Å². The van der Waals surface area contributed by atoms with Crippen LogP contribution in [0.2, 0.25) is 0 Å². The smallest absolute Gasteiger partial charge is 0.261 e. The van der Waals surface area contributed by atoms with Crippen LogP contribution in [0, 0.1) is 0 Å². The van der Waals surface area contributed by atoms with Crippen molar-refractivity contribution in [3.05, 3.63) is 89.0 Å². The van der Waals surface area contributed by atoms with E-state index >= 15 is 0 Å². The van der Waals surface area contributed by atoms with Gasteiger partial charge in [-0.15, -0.1) is 0 Å². The Morgan fingerprint density at radius 2 is 1.32 bits per heavy atom. The molecule has 6 nitrogen and oxygen atoms in total. The zero-order chi connectivity index (χ0) is 19.9. The second-order valence-corrected chi connectivity index (χ2v) is 7.93. The molecular weight excluding hydrogens is 378 g/mol. The Morgan fingerprint density at radius 1 is 0.750 bits per heavy atom. The lowest BCUT2D eigenvalue weighted by atomic mass is 9.84. The van der Waals surface area contributed by atoms with Crippen molar-refractivity contribution in [3.8, 4) is 5.75 Å². The van der Waals surface area contributed by atoms with Gasteiger partial charge in [-0.1, -0.05) is 24.3 Å². The summed E-state index contributed by atoms with van der Waals surface area (Å²) in [4.78, 5) is 25.3. The van der Waals surface area contributed by atoms with E-state index in [2.05, 4.69) is 4.72 Å². The number of carbonyl (C=O) groups excluding carboxylic acids is 2. The molecule has 0 spiro atoms. The maximum atomic E-state index is 12.8. The molecule has 3 aromatic rings. The van der Waals surface area contributed by atoms with Crippen LogP contribution < -0.4 is 9.46 Å². The number of sulfonamides is 1. The highest BCUT2D eigenvalue weighted by Crippen LogP contribution is 2.29. The molecule has 1 aliphatic carbocycles. The van der Waals surface area contributed by atoms with Crippen molar-refractivity contribution in [2.45, 2.75) is 4.90 Å². The van der Waals surface area contributed by atoms with Crippen LogP contribution in [0.4, 0.5) is 5.69 Å². The summed E-state index contributed by atoms with van der Waals surface area (Å²) in [5.41, 5.74) is 1.24. The van der Waals surface area contributed by atoms with Crippen molar-refractivity contribution in [2.75, 3.05) is 11.8 Å². The maximum Gasteiger partial charge on any atom is 0.261 e. The molecule has 1 N–H and O–H groups in total. The van der Waals surface area contributed by atoms with Crippen LogP contribution in [0.25, 0.3) is 0 Å². The summed E-state index contributed by atoms with van der Waals surface area (Å²) >= 11 is 0. The van der Waals surface area contributed by atoms with Crippen LogP contribution >= 0.6 is 0 Å². The normalized spacial score (nSPS) is 12.9. The minimum absolute atomic E-state index is 0.0845. The van der Waals surface area contributed by atoms with Gasteiger partial charge in [0.1, 0.15) is 5.75 Å². The van der Waals surface area contributed by atoms with Crippen molar-refractivity contribution in [1.29, 1.82) is 0 Å². The molecule has 0 amide bonds. The molecular formula is C21H15NO5S. The van der Waals surface area contributed by atoms with E-state index in [9.17, 15) is 18.0 Å². The lowest BCUT2D eigenvalue weighted by Gasteiger charge is -2.18. The number of methoxy groups -OCH3 is 1. The monoisotopic (exact) mass is 393 g/mol. The Labute approximate surface area is 161 Å². The molecule has 4 rings (SSSR count). The van der Waals surface area contributed by atoms with Gasteiger partial charge in [-0.05, 0) is 42.5 Å². The van der Waals surface area contributed by atoms with Crippen LogP contribution in [-0.4, -0.2) is 27.1 Å². The van der Waals surface area contributed by atoms with E-state index in [1.54, 1.807) is 48.5 Å². The van der Waals surface area contributed by atoms with Gasteiger partial charge in [0.15, 0.2) is 11.6 Å². The summed E-state index contributed by atoms with van der Waals surface area (Å²) in [5, 5.41) is 0. The molecule has 0 aromatic heterocycles. The summed E-state index contributed by atoms with van der Waals surface area (Å²) in [7, 11) is -2.42. The Hall–Kier alpha value is -3.45. The Kier molecular flexibility index (Phi) is 4.24. The van der Waals surface area contributed by atoms with E-state index in [-0.39, 0.29) is 33.2 Å². The van der Waals surface area contributed by atoms with Crippen molar-refractivity contribution in [3.63, 3.8) is 0 Å². The maximum absolute atomic E-state index is 12.8. The second-order valence-electron chi connectivity index (χ2n) is 6.25. The number of carbonyl (C=O) groups is 2. The highest BCUT2D eigenvalue weighted by Gasteiger charge is 2.30. The summed E-state index contributed by atoms with van der Waals surface area (Å²) in [6.07, 6.45) is 0. The van der Waals surface area contributed by atoms with E-state index in [1.165, 1.54) is 25.3 Å². The molecule has 0 radical (unpaired) electrons. The zero-order valence-electron chi connectivity index (χ0n) is 14.8. The van der Waals surface area contributed by atoms with Crippen LogP contribution in [0.15, 0.2) is 71.6 Å². The summed E-state index contributed by atoms with van der Waals surface area (Å²) in [5.74, 6) is -0.0662. The molecule has 0 saturated carbocycles. The highest BCUT2D eigenvalue weighted by molar-refractivity contribution is 7.92. The quantitative estimate of drug-likeness (QED) is 0.575. The number of hydrogen-bond donors (Lipinski definition) is 1. The molecule has 3 aromatic carbocycles.